The molecule has 88 valence electrons. The summed E-state index contributed by atoms with van der Waals surface area (Å²) in [5.41, 5.74) is 0. The third-order valence-electron chi connectivity index (χ3n) is 2.02. The van der Waals surface area contributed by atoms with Crippen LogP contribution in [0.5, 0.6) is 0 Å². The molecule has 0 aromatic carbocycles. The van der Waals surface area contributed by atoms with Gasteiger partial charge in [0.25, 0.3) is 0 Å². The molecule has 0 amide bonds. The topological polar surface area (TPSA) is 84.3 Å². The predicted molar refractivity (Wildman–Crippen MR) is 58.2 cm³/mol. The van der Waals surface area contributed by atoms with Crippen molar-refractivity contribution < 1.29 is 14.6 Å². The minimum atomic E-state index is -0.901. The molecule has 0 spiro atoms. The summed E-state index contributed by atoms with van der Waals surface area (Å²) < 4.78 is 4.87. The van der Waals surface area contributed by atoms with E-state index >= 15 is 0 Å². The minimum Gasteiger partial charge on any atom is -0.480 e. The molecule has 1 aromatic rings. The van der Waals surface area contributed by atoms with Gasteiger partial charge in [0, 0.05) is 26.1 Å². The second kappa shape index (κ2) is 6.73. The summed E-state index contributed by atoms with van der Waals surface area (Å²) in [6.45, 7) is 0.548. The van der Waals surface area contributed by atoms with Crippen LogP contribution in [0.25, 0.3) is 0 Å². The Morgan fingerprint density at radius 1 is 1.62 bits per heavy atom. The van der Waals surface area contributed by atoms with Crippen LogP contribution >= 0.6 is 0 Å². The van der Waals surface area contributed by atoms with Gasteiger partial charge in [0.05, 0.1) is 6.20 Å². The van der Waals surface area contributed by atoms with E-state index < -0.39 is 12.0 Å². The Labute approximate surface area is 93.7 Å². The van der Waals surface area contributed by atoms with Crippen LogP contribution in [0.4, 0.5) is 5.82 Å². The zero-order valence-corrected chi connectivity index (χ0v) is 9.09. The molecule has 1 rings (SSSR count). The maximum Gasteiger partial charge on any atom is 0.326 e. The van der Waals surface area contributed by atoms with E-state index in [1.165, 1.54) is 18.6 Å². The third-order valence-corrected chi connectivity index (χ3v) is 2.02. The number of methoxy groups -OCH3 is 1. The number of carbonyl (C=O) groups is 1. The first-order chi connectivity index (χ1) is 7.74. The van der Waals surface area contributed by atoms with E-state index in [1.807, 2.05) is 0 Å². The van der Waals surface area contributed by atoms with Gasteiger partial charge < -0.3 is 15.2 Å². The fourth-order valence-corrected chi connectivity index (χ4v) is 1.24. The van der Waals surface area contributed by atoms with Crippen LogP contribution in [-0.2, 0) is 9.53 Å². The molecular weight excluding hydrogens is 210 g/mol. The Morgan fingerprint density at radius 2 is 2.44 bits per heavy atom. The molecule has 0 saturated carbocycles. The fraction of sp³-hybridized carbons (Fsp3) is 0.500. The van der Waals surface area contributed by atoms with Gasteiger partial charge in [-0.25, -0.2) is 9.78 Å². The lowest BCUT2D eigenvalue weighted by Crippen LogP contribution is -2.29. The Morgan fingerprint density at radius 3 is 3.00 bits per heavy atom. The number of carboxylic acid groups (broad SMARTS) is 1. The molecule has 0 fully saturated rings. The number of aromatic nitrogens is 2. The van der Waals surface area contributed by atoms with Crippen molar-refractivity contribution in [1.82, 2.24) is 9.97 Å². The van der Waals surface area contributed by atoms with Gasteiger partial charge in [-0.15, -0.1) is 0 Å². The first-order valence-corrected chi connectivity index (χ1v) is 4.98. The van der Waals surface area contributed by atoms with E-state index in [9.17, 15) is 4.79 Å². The highest BCUT2D eigenvalue weighted by atomic mass is 16.5. The lowest BCUT2D eigenvalue weighted by atomic mass is 10.1. The highest BCUT2D eigenvalue weighted by Crippen LogP contribution is 2.06. The van der Waals surface area contributed by atoms with Crippen LogP contribution in [0.2, 0.25) is 0 Å². The molecule has 1 unspecified atom stereocenters. The lowest BCUT2D eigenvalue weighted by molar-refractivity contribution is -0.138. The van der Waals surface area contributed by atoms with Crippen molar-refractivity contribution in [3.63, 3.8) is 0 Å². The molecule has 2 N–H and O–H groups in total. The van der Waals surface area contributed by atoms with E-state index in [1.54, 1.807) is 7.11 Å². The maximum absolute atomic E-state index is 10.9. The summed E-state index contributed by atoms with van der Waals surface area (Å²) in [5.74, 6) is -0.436. The molecular formula is C10H15N3O3. The van der Waals surface area contributed by atoms with Gasteiger partial charge >= 0.3 is 5.97 Å². The van der Waals surface area contributed by atoms with Gasteiger partial charge in [-0.3, -0.25) is 4.98 Å². The molecule has 0 aliphatic heterocycles. The molecule has 0 saturated heterocycles. The van der Waals surface area contributed by atoms with Gasteiger partial charge in [0.2, 0.25) is 0 Å². The Balaban J connectivity index is 2.48. The van der Waals surface area contributed by atoms with Gasteiger partial charge in [-0.1, -0.05) is 0 Å². The van der Waals surface area contributed by atoms with Gasteiger partial charge in [0.1, 0.15) is 11.9 Å². The Kier molecular flexibility index (Phi) is 5.21. The summed E-state index contributed by atoms with van der Waals surface area (Å²) >= 11 is 0. The van der Waals surface area contributed by atoms with Crippen molar-refractivity contribution in [1.29, 1.82) is 0 Å². The van der Waals surface area contributed by atoms with Crippen molar-refractivity contribution in [3.05, 3.63) is 18.6 Å². The van der Waals surface area contributed by atoms with Crippen LogP contribution in [0.3, 0.4) is 0 Å². The van der Waals surface area contributed by atoms with Gasteiger partial charge in [-0.05, 0) is 12.8 Å². The summed E-state index contributed by atoms with van der Waals surface area (Å²) in [5, 5.41) is 11.8. The first-order valence-electron chi connectivity index (χ1n) is 4.98. The van der Waals surface area contributed by atoms with Gasteiger partial charge in [-0.2, -0.15) is 0 Å². The fourth-order valence-electron chi connectivity index (χ4n) is 1.24. The maximum atomic E-state index is 10.9. The molecule has 0 bridgehead atoms. The molecule has 0 aliphatic rings. The quantitative estimate of drug-likeness (QED) is 0.667. The van der Waals surface area contributed by atoms with E-state index in [0.717, 1.165) is 0 Å². The number of ether oxygens (including phenoxy) is 1. The minimum absolute atomic E-state index is 0.465. The lowest BCUT2D eigenvalue weighted by Gasteiger charge is -2.14. The Bertz CT molecular complexity index is 318. The summed E-state index contributed by atoms with van der Waals surface area (Å²) in [4.78, 5) is 18.8. The molecule has 1 heterocycles. The van der Waals surface area contributed by atoms with Crippen LogP contribution in [0, 0.1) is 0 Å². The van der Waals surface area contributed by atoms with Crippen molar-refractivity contribution in [3.8, 4) is 0 Å². The molecule has 1 aromatic heterocycles. The standard InChI is InChI=1S/C10H15N3O3/c1-16-6-2-3-8(10(14)15)13-9-7-11-4-5-12-9/h4-5,7-8H,2-3,6H2,1H3,(H,12,13)(H,14,15). The predicted octanol–water partition coefficient (Wildman–Crippen LogP) is 0.768. The average molecular weight is 225 g/mol. The third kappa shape index (κ3) is 4.22. The van der Waals surface area contributed by atoms with E-state index in [4.69, 9.17) is 9.84 Å². The molecule has 6 heteroatoms. The van der Waals surface area contributed by atoms with Crippen LogP contribution in [0.1, 0.15) is 12.8 Å². The Hall–Kier alpha value is -1.69. The van der Waals surface area contributed by atoms with Crippen molar-refractivity contribution >= 4 is 11.8 Å². The number of nitrogens with zero attached hydrogens (tertiary/aromatic N) is 2. The summed E-state index contributed by atoms with van der Waals surface area (Å²) in [6, 6.07) is -0.660. The molecule has 1 atom stereocenters. The first kappa shape index (κ1) is 12.4. The van der Waals surface area contributed by atoms with Crippen molar-refractivity contribution in [2.45, 2.75) is 18.9 Å². The van der Waals surface area contributed by atoms with Gasteiger partial charge in [0.15, 0.2) is 0 Å². The van der Waals surface area contributed by atoms with Crippen LogP contribution < -0.4 is 5.32 Å². The van der Waals surface area contributed by atoms with Crippen LogP contribution in [-0.4, -0.2) is 40.8 Å². The zero-order chi connectivity index (χ0) is 11.8. The van der Waals surface area contributed by atoms with Crippen molar-refractivity contribution in [2.24, 2.45) is 0 Å². The van der Waals surface area contributed by atoms with E-state index in [2.05, 4.69) is 15.3 Å². The summed E-state index contributed by atoms with van der Waals surface area (Å²) in [6.07, 6.45) is 5.70. The largest absolute Gasteiger partial charge is 0.480 e. The number of aliphatic carboxylic acids is 1. The molecule has 0 radical (unpaired) electrons. The number of hydrogen-bond acceptors (Lipinski definition) is 5. The average Bonchev–Trinajstić information content (AvgIpc) is 2.29. The SMILES string of the molecule is COCCCC(Nc1cnccn1)C(=O)O. The van der Waals surface area contributed by atoms with Crippen LogP contribution in [0.15, 0.2) is 18.6 Å². The molecule has 6 nitrogen and oxygen atoms in total. The number of nitrogens with one attached hydrogen (secondary N) is 1. The molecule has 0 aliphatic carbocycles. The second-order valence-electron chi connectivity index (χ2n) is 3.26. The second-order valence-corrected chi connectivity index (χ2v) is 3.26. The highest BCUT2D eigenvalue weighted by molar-refractivity contribution is 5.76. The summed E-state index contributed by atoms with van der Waals surface area (Å²) in [7, 11) is 1.59. The number of rotatable bonds is 7. The monoisotopic (exact) mass is 225 g/mol. The highest BCUT2D eigenvalue weighted by Gasteiger charge is 2.16. The number of hydrogen-bond donors (Lipinski definition) is 2. The smallest absolute Gasteiger partial charge is 0.326 e. The van der Waals surface area contributed by atoms with Crippen molar-refractivity contribution in [2.75, 3.05) is 19.0 Å². The molecule has 16 heavy (non-hydrogen) atoms. The number of carboxylic acids is 1. The van der Waals surface area contributed by atoms with E-state index in [-0.39, 0.29) is 0 Å². The zero-order valence-electron chi connectivity index (χ0n) is 9.09. The van der Waals surface area contributed by atoms with E-state index in [0.29, 0.717) is 25.3 Å². The normalized spacial score (nSPS) is 12.1. The number of anilines is 1.